The molecule has 11 heteroatoms. The number of carbonyl (C=O) groups excluding carboxylic acids is 2. The molecule has 2 amide bonds. The minimum Gasteiger partial charge on any atom is -0.378 e. The molecule has 2 aliphatic rings. The van der Waals surface area contributed by atoms with Crippen LogP contribution in [0.5, 0.6) is 0 Å². The third kappa shape index (κ3) is 5.42. The van der Waals surface area contributed by atoms with Crippen LogP contribution in [0.2, 0.25) is 0 Å². The highest BCUT2D eigenvalue weighted by Gasteiger charge is 2.33. The molecule has 4 rings (SSSR count). The molecule has 2 fully saturated rings. The van der Waals surface area contributed by atoms with Gasteiger partial charge < -0.3 is 30.5 Å². The molecule has 1 unspecified atom stereocenters. The molecule has 0 saturated carbocycles. The molecule has 3 N–H and O–H groups in total. The van der Waals surface area contributed by atoms with Crippen molar-refractivity contribution in [1.29, 1.82) is 0 Å². The smallest absolute Gasteiger partial charge is 0.252 e. The first-order valence-electron chi connectivity index (χ1n) is 12.7. The number of hydrogen-bond donors (Lipinski definition) is 2. The van der Waals surface area contributed by atoms with Crippen molar-refractivity contribution in [3.8, 4) is 0 Å². The molecule has 2 aliphatic heterocycles. The van der Waals surface area contributed by atoms with Gasteiger partial charge in [-0.05, 0) is 51.0 Å². The van der Waals surface area contributed by atoms with Gasteiger partial charge in [0.05, 0.1) is 24.5 Å². The molecular weight excluding hydrogens is 494 g/mol. The first-order chi connectivity index (χ1) is 18.1. The van der Waals surface area contributed by atoms with Crippen molar-refractivity contribution in [1.82, 2.24) is 9.88 Å². The van der Waals surface area contributed by atoms with Crippen LogP contribution < -0.4 is 20.9 Å². The van der Waals surface area contributed by atoms with E-state index in [4.69, 9.17) is 10.5 Å². The van der Waals surface area contributed by atoms with Crippen molar-refractivity contribution in [2.75, 3.05) is 55.0 Å². The standard InChI is InChI=1S/C27H34F2N6O3/c1-5-22(36)35-15-19(8-6-16(35)2)33(4)27-24(29)17(3)23(25(30)37)26(32-27)31-18-7-9-21(20(28)14-18)34-10-12-38-13-11-34/h5,7,9,14,16,19H,1,6,8,10-13,15H2,2-4H3,(H2,30,37)(H,31,32)/t16?,19-/m1/s1. The second-order valence-electron chi connectivity index (χ2n) is 9.74. The summed E-state index contributed by atoms with van der Waals surface area (Å²) in [7, 11) is 1.70. The van der Waals surface area contributed by atoms with E-state index < -0.39 is 17.5 Å². The van der Waals surface area contributed by atoms with E-state index in [0.717, 1.165) is 6.42 Å². The Morgan fingerprint density at radius 3 is 2.61 bits per heavy atom. The molecule has 1 aromatic heterocycles. The fourth-order valence-electron chi connectivity index (χ4n) is 5.07. The zero-order valence-electron chi connectivity index (χ0n) is 22.0. The first kappa shape index (κ1) is 27.3. The maximum atomic E-state index is 15.6. The number of halogens is 2. The lowest BCUT2D eigenvalue weighted by Gasteiger charge is -2.41. The average molecular weight is 529 g/mol. The number of amides is 2. The number of piperidine rings is 1. The predicted octanol–water partition coefficient (Wildman–Crippen LogP) is 3.35. The summed E-state index contributed by atoms with van der Waals surface area (Å²) >= 11 is 0. The Morgan fingerprint density at radius 1 is 1.26 bits per heavy atom. The fourth-order valence-corrected chi connectivity index (χ4v) is 5.07. The molecule has 38 heavy (non-hydrogen) atoms. The summed E-state index contributed by atoms with van der Waals surface area (Å²) in [5.74, 6) is -2.14. The third-order valence-corrected chi connectivity index (χ3v) is 7.36. The molecule has 204 valence electrons. The quantitative estimate of drug-likeness (QED) is 0.531. The summed E-state index contributed by atoms with van der Waals surface area (Å²) in [6.07, 6.45) is 2.72. The van der Waals surface area contributed by atoms with Crippen LogP contribution in [-0.4, -0.2) is 73.7 Å². The number of nitrogens with one attached hydrogen (secondary N) is 1. The summed E-state index contributed by atoms with van der Waals surface area (Å²) in [5, 5.41) is 2.97. The van der Waals surface area contributed by atoms with Crippen LogP contribution in [0.3, 0.4) is 0 Å². The van der Waals surface area contributed by atoms with Gasteiger partial charge in [0.15, 0.2) is 11.6 Å². The number of hydrogen-bond acceptors (Lipinski definition) is 7. The van der Waals surface area contributed by atoms with Crippen LogP contribution in [0, 0.1) is 18.6 Å². The number of aromatic nitrogens is 1. The van der Waals surface area contributed by atoms with Gasteiger partial charge in [0.25, 0.3) is 5.91 Å². The number of benzene rings is 1. The van der Waals surface area contributed by atoms with Gasteiger partial charge in [-0.2, -0.15) is 0 Å². The van der Waals surface area contributed by atoms with E-state index in [1.54, 1.807) is 29.0 Å². The van der Waals surface area contributed by atoms with E-state index in [0.29, 0.717) is 50.6 Å². The Bertz CT molecular complexity index is 1230. The molecule has 0 spiro atoms. The van der Waals surface area contributed by atoms with Crippen LogP contribution in [0.1, 0.15) is 35.7 Å². The molecule has 0 bridgehead atoms. The van der Waals surface area contributed by atoms with E-state index >= 15 is 8.78 Å². The van der Waals surface area contributed by atoms with Crippen LogP contribution in [0.25, 0.3) is 0 Å². The molecule has 9 nitrogen and oxygen atoms in total. The van der Waals surface area contributed by atoms with Gasteiger partial charge in [-0.15, -0.1) is 0 Å². The number of primary amides is 1. The molecular formula is C27H34F2N6O3. The molecule has 1 aromatic carbocycles. The van der Waals surface area contributed by atoms with E-state index in [2.05, 4.69) is 16.9 Å². The summed E-state index contributed by atoms with van der Waals surface area (Å²) in [6.45, 7) is 9.58. The Kier molecular flexibility index (Phi) is 8.15. The van der Waals surface area contributed by atoms with Crippen LogP contribution in [0.4, 0.5) is 31.8 Å². The van der Waals surface area contributed by atoms with E-state index in [1.807, 2.05) is 11.8 Å². The van der Waals surface area contributed by atoms with Gasteiger partial charge in [0.2, 0.25) is 5.91 Å². The van der Waals surface area contributed by atoms with Crippen molar-refractivity contribution in [3.63, 3.8) is 0 Å². The number of nitrogens with zero attached hydrogens (tertiary/aromatic N) is 4. The lowest BCUT2D eigenvalue weighted by atomic mass is 9.98. The van der Waals surface area contributed by atoms with Crippen molar-refractivity contribution < 1.29 is 23.1 Å². The summed E-state index contributed by atoms with van der Waals surface area (Å²) < 4.78 is 35.9. The highest BCUT2D eigenvalue weighted by Crippen LogP contribution is 2.33. The number of morpholine rings is 1. The van der Waals surface area contributed by atoms with Gasteiger partial charge in [-0.3, -0.25) is 9.59 Å². The van der Waals surface area contributed by atoms with Gasteiger partial charge >= 0.3 is 0 Å². The number of carbonyl (C=O) groups is 2. The van der Waals surface area contributed by atoms with Crippen molar-refractivity contribution in [2.45, 2.75) is 38.8 Å². The minimum absolute atomic E-state index is 0.00552. The monoisotopic (exact) mass is 528 g/mol. The maximum absolute atomic E-state index is 15.6. The second kappa shape index (κ2) is 11.3. The number of rotatable bonds is 7. The average Bonchev–Trinajstić information content (AvgIpc) is 2.90. The maximum Gasteiger partial charge on any atom is 0.252 e. The summed E-state index contributed by atoms with van der Waals surface area (Å²) in [6, 6.07) is 4.44. The molecule has 2 saturated heterocycles. The molecule has 2 atom stereocenters. The number of anilines is 4. The van der Waals surface area contributed by atoms with Crippen LogP contribution in [-0.2, 0) is 9.53 Å². The number of ether oxygens (including phenoxy) is 1. The molecule has 3 heterocycles. The Morgan fingerprint density at radius 2 is 1.97 bits per heavy atom. The normalized spacial score (nSPS) is 19.7. The number of likely N-dealkylation sites (N-methyl/N-ethyl adjacent to an activating group) is 1. The van der Waals surface area contributed by atoms with E-state index in [9.17, 15) is 9.59 Å². The van der Waals surface area contributed by atoms with Crippen molar-refractivity contribution >= 4 is 34.8 Å². The summed E-state index contributed by atoms with van der Waals surface area (Å²) in [4.78, 5) is 34.4. The highest BCUT2D eigenvalue weighted by molar-refractivity contribution is 6.00. The Balaban J connectivity index is 1.65. The van der Waals surface area contributed by atoms with Gasteiger partial charge in [-0.25, -0.2) is 13.8 Å². The van der Waals surface area contributed by atoms with Crippen LogP contribution in [0.15, 0.2) is 30.9 Å². The van der Waals surface area contributed by atoms with Crippen molar-refractivity contribution in [2.24, 2.45) is 5.73 Å². The minimum atomic E-state index is -0.856. The lowest BCUT2D eigenvalue weighted by Crippen LogP contribution is -2.52. The topological polar surface area (TPSA) is 104 Å². The van der Waals surface area contributed by atoms with Gasteiger partial charge in [0.1, 0.15) is 11.6 Å². The SMILES string of the molecule is C=CC(=O)N1C[C@H](N(C)c2nc(Nc3ccc(N4CCOCC4)c(F)c3)c(C(N)=O)c(C)c2F)CCC1C. The molecule has 2 aromatic rings. The predicted molar refractivity (Wildman–Crippen MR) is 143 cm³/mol. The fraction of sp³-hybridized carbons (Fsp3) is 0.444. The number of pyridine rings is 1. The molecule has 0 radical (unpaired) electrons. The Hall–Kier alpha value is -3.73. The highest BCUT2D eigenvalue weighted by atomic mass is 19.1. The van der Waals surface area contributed by atoms with Gasteiger partial charge in [0, 0.05) is 50.0 Å². The second-order valence-corrected chi connectivity index (χ2v) is 9.74. The van der Waals surface area contributed by atoms with Gasteiger partial charge in [-0.1, -0.05) is 6.58 Å². The lowest BCUT2D eigenvalue weighted by molar-refractivity contribution is -0.129. The van der Waals surface area contributed by atoms with Crippen LogP contribution >= 0.6 is 0 Å². The third-order valence-electron chi connectivity index (χ3n) is 7.36. The Labute approximate surface area is 221 Å². The largest absolute Gasteiger partial charge is 0.378 e. The first-order valence-corrected chi connectivity index (χ1v) is 12.7. The molecule has 0 aliphatic carbocycles. The van der Waals surface area contributed by atoms with Crippen molar-refractivity contribution in [3.05, 3.63) is 53.6 Å². The summed E-state index contributed by atoms with van der Waals surface area (Å²) in [5.41, 5.74) is 6.30. The zero-order chi connectivity index (χ0) is 27.6. The van der Waals surface area contributed by atoms with E-state index in [1.165, 1.54) is 19.1 Å². The van der Waals surface area contributed by atoms with E-state index in [-0.39, 0.29) is 40.8 Å². The number of likely N-dealkylation sites (tertiary alicyclic amines) is 1. The zero-order valence-corrected chi connectivity index (χ0v) is 22.0. The number of nitrogens with two attached hydrogens (primary N) is 1.